The maximum Gasteiger partial charge on any atom is 0.123 e. The van der Waals surface area contributed by atoms with Crippen molar-refractivity contribution in [1.29, 1.82) is 0 Å². The Balaban J connectivity index is 2.02. The van der Waals surface area contributed by atoms with Gasteiger partial charge >= 0.3 is 0 Å². The van der Waals surface area contributed by atoms with E-state index >= 15 is 0 Å². The molecule has 0 saturated heterocycles. The van der Waals surface area contributed by atoms with Crippen LogP contribution in [0.1, 0.15) is 23.1 Å². The standard InChI is InChI=1S/C16H13F/c17-15-8-9-16-13(6-7-14(16)11-15)10-12-4-2-1-3-5-12/h1-5,8-11H,6-7H2/b13-10+. The third-order valence-electron chi connectivity index (χ3n) is 3.22. The number of fused-ring (bicyclic) bond motifs is 1. The minimum atomic E-state index is -0.135. The molecule has 0 bridgehead atoms. The van der Waals surface area contributed by atoms with Gasteiger partial charge in [0.15, 0.2) is 0 Å². The quantitative estimate of drug-likeness (QED) is 0.677. The summed E-state index contributed by atoms with van der Waals surface area (Å²) in [5.74, 6) is -0.135. The van der Waals surface area contributed by atoms with Gasteiger partial charge in [-0.25, -0.2) is 4.39 Å². The van der Waals surface area contributed by atoms with Crippen LogP contribution in [0, 0.1) is 5.82 Å². The van der Waals surface area contributed by atoms with Crippen molar-refractivity contribution in [3.63, 3.8) is 0 Å². The summed E-state index contributed by atoms with van der Waals surface area (Å²) < 4.78 is 13.1. The minimum absolute atomic E-state index is 0.135. The Bertz CT molecular complexity index is 567. The van der Waals surface area contributed by atoms with Gasteiger partial charge in [-0.3, -0.25) is 0 Å². The smallest absolute Gasteiger partial charge is 0.123 e. The Hall–Kier alpha value is -1.89. The minimum Gasteiger partial charge on any atom is -0.207 e. The van der Waals surface area contributed by atoms with Crippen LogP contribution in [0.25, 0.3) is 11.6 Å². The first-order chi connectivity index (χ1) is 8.33. The highest BCUT2D eigenvalue weighted by Gasteiger charge is 2.16. The first-order valence-electron chi connectivity index (χ1n) is 5.87. The molecule has 0 fully saturated rings. The van der Waals surface area contributed by atoms with E-state index in [1.807, 2.05) is 24.3 Å². The summed E-state index contributed by atoms with van der Waals surface area (Å²) in [4.78, 5) is 0. The van der Waals surface area contributed by atoms with E-state index < -0.39 is 0 Å². The fourth-order valence-electron chi connectivity index (χ4n) is 2.39. The molecular formula is C16H13F. The molecule has 1 aliphatic carbocycles. The molecule has 1 heteroatoms. The molecule has 1 aliphatic rings. The number of benzene rings is 2. The second-order valence-electron chi connectivity index (χ2n) is 4.38. The largest absolute Gasteiger partial charge is 0.207 e. The van der Waals surface area contributed by atoms with Crippen molar-refractivity contribution in [2.24, 2.45) is 0 Å². The van der Waals surface area contributed by atoms with Gasteiger partial charge in [0, 0.05) is 0 Å². The van der Waals surface area contributed by atoms with Crippen molar-refractivity contribution in [1.82, 2.24) is 0 Å². The van der Waals surface area contributed by atoms with Crippen molar-refractivity contribution in [2.75, 3.05) is 0 Å². The number of hydrogen-bond acceptors (Lipinski definition) is 0. The maximum atomic E-state index is 13.1. The van der Waals surface area contributed by atoms with Crippen LogP contribution in [-0.2, 0) is 6.42 Å². The normalized spacial score (nSPS) is 16.2. The monoisotopic (exact) mass is 224 g/mol. The lowest BCUT2D eigenvalue weighted by Gasteiger charge is -2.01. The van der Waals surface area contributed by atoms with Crippen LogP contribution < -0.4 is 0 Å². The molecule has 17 heavy (non-hydrogen) atoms. The molecule has 0 aromatic heterocycles. The number of halogens is 1. The molecule has 0 unspecified atom stereocenters. The Morgan fingerprint density at radius 3 is 2.59 bits per heavy atom. The molecule has 0 heterocycles. The third kappa shape index (κ3) is 2.01. The molecular weight excluding hydrogens is 211 g/mol. The van der Waals surface area contributed by atoms with Crippen molar-refractivity contribution in [3.8, 4) is 0 Å². The highest BCUT2D eigenvalue weighted by molar-refractivity contribution is 5.85. The van der Waals surface area contributed by atoms with Crippen LogP contribution in [0.2, 0.25) is 0 Å². The summed E-state index contributed by atoms with van der Waals surface area (Å²) in [6, 6.07) is 15.4. The lowest BCUT2D eigenvalue weighted by Crippen LogP contribution is -1.83. The van der Waals surface area contributed by atoms with E-state index in [4.69, 9.17) is 0 Å². The first kappa shape index (κ1) is 10.3. The van der Waals surface area contributed by atoms with Crippen molar-refractivity contribution >= 4 is 11.6 Å². The number of allylic oxidation sites excluding steroid dienone is 1. The average molecular weight is 224 g/mol. The average Bonchev–Trinajstić information content (AvgIpc) is 2.73. The second kappa shape index (κ2) is 4.17. The Kier molecular flexibility index (Phi) is 2.52. The van der Waals surface area contributed by atoms with Gasteiger partial charge in [0.1, 0.15) is 5.82 Å². The van der Waals surface area contributed by atoms with Crippen LogP contribution in [0.15, 0.2) is 48.5 Å². The summed E-state index contributed by atoms with van der Waals surface area (Å²) in [5, 5.41) is 0. The van der Waals surface area contributed by atoms with Crippen LogP contribution in [0.5, 0.6) is 0 Å². The molecule has 0 aliphatic heterocycles. The zero-order valence-electron chi connectivity index (χ0n) is 9.49. The predicted molar refractivity (Wildman–Crippen MR) is 69.0 cm³/mol. The molecule has 0 radical (unpaired) electrons. The van der Waals surface area contributed by atoms with E-state index in [1.165, 1.54) is 16.7 Å². The lowest BCUT2D eigenvalue weighted by molar-refractivity contribution is 0.626. The molecule has 0 spiro atoms. The van der Waals surface area contributed by atoms with Gasteiger partial charge in [-0.05, 0) is 47.2 Å². The molecule has 0 saturated carbocycles. The van der Waals surface area contributed by atoms with Gasteiger partial charge in [-0.1, -0.05) is 42.5 Å². The SMILES string of the molecule is Fc1ccc2c(c1)CC/C2=C\c1ccccc1. The zero-order chi connectivity index (χ0) is 11.7. The molecule has 3 rings (SSSR count). The van der Waals surface area contributed by atoms with Gasteiger partial charge < -0.3 is 0 Å². The topological polar surface area (TPSA) is 0 Å². The molecule has 2 aromatic rings. The summed E-state index contributed by atoms with van der Waals surface area (Å²) >= 11 is 0. The lowest BCUT2D eigenvalue weighted by atomic mass is 10.0. The van der Waals surface area contributed by atoms with Crippen LogP contribution >= 0.6 is 0 Å². The Morgan fingerprint density at radius 1 is 0.941 bits per heavy atom. The second-order valence-corrected chi connectivity index (χ2v) is 4.38. The van der Waals surface area contributed by atoms with Crippen molar-refractivity contribution in [2.45, 2.75) is 12.8 Å². The summed E-state index contributed by atoms with van der Waals surface area (Å²) in [5.41, 5.74) is 4.85. The Labute approximate surface area is 100 Å². The number of rotatable bonds is 1. The third-order valence-corrected chi connectivity index (χ3v) is 3.22. The fraction of sp³-hybridized carbons (Fsp3) is 0.125. The van der Waals surface area contributed by atoms with E-state index in [0.717, 1.165) is 18.4 Å². The number of hydrogen-bond donors (Lipinski definition) is 0. The van der Waals surface area contributed by atoms with Gasteiger partial charge in [0.2, 0.25) is 0 Å². The fourth-order valence-corrected chi connectivity index (χ4v) is 2.39. The molecule has 84 valence electrons. The van der Waals surface area contributed by atoms with Crippen LogP contribution in [-0.4, -0.2) is 0 Å². The van der Waals surface area contributed by atoms with Crippen molar-refractivity contribution in [3.05, 3.63) is 71.0 Å². The van der Waals surface area contributed by atoms with Gasteiger partial charge in [0.25, 0.3) is 0 Å². The molecule has 0 nitrogen and oxygen atoms in total. The number of aryl methyl sites for hydroxylation is 1. The van der Waals surface area contributed by atoms with Gasteiger partial charge in [0.05, 0.1) is 0 Å². The summed E-state index contributed by atoms with van der Waals surface area (Å²) in [6.45, 7) is 0. The predicted octanol–water partition coefficient (Wildman–Crippen LogP) is 4.31. The summed E-state index contributed by atoms with van der Waals surface area (Å²) in [6.07, 6.45) is 4.16. The highest BCUT2D eigenvalue weighted by atomic mass is 19.1. The zero-order valence-corrected chi connectivity index (χ0v) is 9.49. The molecule has 2 aromatic carbocycles. The van der Waals surface area contributed by atoms with E-state index in [0.29, 0.717) is 0 Å². The van der Waals surface area contributed by atoms with E-state index in [1.54, 1.807) is 12.1 Å². The molecule has 0 N–H and O–H groups in total. The molecule has 0 atom stereocenters. The summed E-state index contributed by atoms with van der Waals surface area (Å²) in [7, 11) is 0. The van der Waals surface area contributed by atoms with Crippen LogP contribution in [0.3, 0.4) is 0 Å². The van der Waals surface area contributed by atoms with E-state index in [2.05, 4.69) is 18.2 Å². The molecule has 0 amide bonds. The Morgan fingerprint density at radius 2 is 1.76 bits per heavy atom. The van der Waals surface area contributed by atoms with Crippen LogP contribution in [0.4, 0.5) is 4.39 Å². The van der Waals surface area contributed by atoms with Crippen molar-refractivity contribution < 1.29 is 4.39 Å². The van der Waals surface area contributed by atoms with E-state index in [-0.39, 0.29) is 5.82 Å². The van der Waals surface area contributed by atoms with E-state index in [9.17, 15) is 4.39 Å². The first-order valence-corrected chi connectivity index (χ1v) is 5.87. The highest BCUT2D eigenvalue weighted by Crippen LogP contribution is 2.33. The maximum absolute atomic E-state index is 13.1. The van der Waals surface area contributed by atoms with Gasteiger partial charge in [-0.2, -0.15) is 0 Å². The van der Waals surface area contributed by atoms with Gasteiger partial charge in [-0.15, -0.1) is 0 Å².